The number of carbonyl (C=O) groups excluding carboxylic acids is 1. The van der Waals surface area contributed by atoms with Crippen molar-refractivity contribution >= 4 is 5.78 Å². The maximum atomic E-state index is 13.1. The first kappa shape index (κ1) is 11.8. The van der Waals surface area contributed by atoms with Gasteiger partial charge in [-0.25, -0.2) is 8.78 Å². The van der Waals surface area contributed by atoms with Crippen molar-refractivity contribution in [2.75, 3.05) is 0 Å². The van der Waals surface area contributed by atoms with E-state index in [0.29, 0.717) is 19.3 Å². The van der Waals surface area contributed by atoms with Crippen LogP contribution in [-0.4, -0.2) is 5.78 Å². The number of halogens is 2. The molecule has 0 saturated carbocycles. The fraction of sp³-hybridized carbons (Fsp3) is 0.417. The summed E-state index contributed by atoms with van der Waals surface area (Å²) in [4.78, 5) is 11.0. The molecule has 1 aromatic carbocycles. The largest absolute Gasteiger partial charge is 0.300 e. The minimum atomic E-state index is -0.529. The van der Waals surface area contributed by atoms with E-state index in [9.17, 15) is 13.6 Å². The van der Waals surface area contributed by atoms with Crippen LogP contribution in [0.3, 0.4) is 0 Å². The van der Waals surface area contributed by atoms with Gasteiger partial charge in [-0.2, -0.15) is 0 Å². The molecular formula is C12H14F2O. The molecule has 0 bridgehead atoms. The molecule has 0 radical (unpaired) electrons. The molecule has 1 nitrogen and oxygen atoms in total. The molecule has 3 heteroatoms. The third kappa shape index (κ3) is 3.42. The van der Waals surface area contributed by atoms with Gasteiger partial charge >= 0.3 is 0 Å². The van der Waals surface area contributed by atoms with Gasteiger partial charge in [0.1, 0.15) is 17.4 Å². The third-order valence-corrected chi connectivity index (χ3v) is 2.34. The molecule has 1 aromatic rings. The predicted molar refractivity (Wildman–Crippen MR) is 54.6 cm³/mol. The first-order chi connectivity index (χ1) is 7.15. The van der Waals surface area contributed by atoms with Gasteiger partial charge in [-0.1, -0.05) is 13.0 Å². The summed E-state index contributed by atoms with van der Waals surface area (Å²) in [5, 5.41) is 0. The van der Waals surface area contributed by atoms with E-state index in [-0.39, 0.29) is 17.8 Å². The van der Waals surface area contributed by atoms with Crippen LogP contribution in [0, 0.1) is 11.6 Å². The SMILES string of the molecule is CCC(=O)CCCc1c(F)cccc1F. The molecule has 0 amide bonds. The maximum Gasteiger partial charge on any atom is 0.132 e. The van der Waals surface area contributed by atoms with E-state index in [4.69, 9.17) is 0 Å². The van der Waals surface area contributed by atoms with Crippen LogP contribution >= 0.6 is 0 Å². The van der Waals surface area contributed by atoms with Crippen LogP contribution in [0.4, 0.5) is 8.78 Å². The number of hydrogen-bond donors (Lipinski definition) is 0. The Morgan fingerprint density at radius 1 is 1.27 bits per heavy atom. The summed E-state index contributed by atoms with van der Waals surface area (Å²) in [5.74, 6) is -0.926. The lowest BCUT2D eigenvalue weighted by atomic mass is 10.0. The Hall–Kier alpha value is -1.25. The van der Waals surface area contributed by atoms with Crippen molar-refractivity contribution in [1.29, 1.82) is 0 Å². The first-order valence-corrected chi connectivity index (χ1v) is 5.09. The van der Waals surface area contributed by atoms with Gasteiger partial charge in [0.25, 0.3) is 0 Å². The lowest BCUT2D eigenvalue weighted by Gasteiger charge is -2.03. The Kier molecular flexibility index (Phi) is 4.40. The van der Waals surface area contributed by atoms with Gasteiger partial charge in [-0.3, -0.25) is 4.79 Å². The van der Waals surface area contributed by atoms with E-state index in [1.807, 2.05) is 0 Å². The molecule has 0 atom stereocenters. The summed E-state index contributed by atoms with van der Waals surface area (Å²) in [6.07, 6.45) is 1.67. The number of rotatable bonds is 5. The van der Waals surface area contributed by atoms with E-state index >= 15 is 0 Å². The summed E-state index contributed by atoms with van der Waals surface area (Å²) < 4.78 is 26.3. The van der Waals surface area contributed by atoms with Crippen molar-refractivity contribution in [3.63, 3.8) is 0 Å². The van der Waals surface area contributed by atoms with E-state index in [1.54, 1.807) is 6.92 Å². The topological polar surface area (TPSA) is 17.1 Å². The zero-order chi connectivity index (χ0) is 11.3. The van der Waals surface area contributed by atoms with Crippen molar-refractivity contribution in [3.05, 3.63) is 35.4 Å². The Bertz CT molecular complexity index is 327. The van der Waals surface area contributed by atoms with Crippen molar-refractivity contribution in [2.24, 2.45) is 0 Å². The minimum Gasteiger partial charge on any atom is -0.300 e. The molecule has 0 fully saturated rings. The van der Waals surface area contributed by atoms with Gasteiger partial charge in [-0.05, 0) is 25.0 Å². The zero-order valence-electron chi connectivity index (χ0n) is 8.72. The number of Topliss-reactive ketones (excluding diaryl/α,β-unsaturated/α-hetero) is 1. The average Bonchev–Trinajstić information content (AvgIpc) is 2.22. The number of hydrogen-bond acceptors (Lipinski definition) is 1. The van der Waals surface area contributed by atoms with Crippen LogP contribution in [0.2, 0.25) is 0 Å². The van der Waals surface area contributed by atoms with E-state index in [1.165, 1.54) is 18.2 Å². The highest BCUT2D eigenvalue weighted by Crippen LogP contribution is 2.15. The Morgan fingerprint density at radius 3 is 2.40 bits per heavy atom. The van der Waals surface area contributed by atoms with Crippen LogP contribution in [0.5, 0.6) is 0 Å². The van der Waals surface area contributed by atoms with E-state index in [2.05, 4.69) is 0 Å². The average molecular weight is 212 g/mol. The summed E-state index contributed by atoms with van der Waals surface area (Å²) in [6, 6.07) is 3.81. The fourth-order valence-corrected chi connectivity index (χ4v) is 1.41. The second kappa shape index (κ2) is 5.59. The Morgan fingerprint density at radius 2 is 1.87 bits per heavy atom. The summed E-state index contributed by atoms with van der Waals surface area (Å²) in [7, 11) is 0. The number of ketones is 1. The minimum absolute atomic E-state index is 0.0846. The fourth-order valence-electron chi connectivity index (χ4n) is 1.41. The molecule has 1 rings (SSSR count). The smallest absolute Gasteiger partial charge is 0.132 e. The molecule has 15 heavy (non-hydrogen) atoms. The third-order valence-electron chi connectivity index (χ3n) is 2.34. The molecule has 0 heterocycles. The second-order valence-corrected chi connectivity index (χ2v) is 3.45. The van der Waals surface area contributed by atoms with Gasteiger partial charge in [0.2, 0.25) is 0 Å². The van der Waals surface area contributed by atoms with Crippen LogP contribution < -0.4 is 0 Å². The van der Waals surface area contributed by atoms with Gasteiger partial charge in [0, 0.05) is 18.4 Å². The molecule has 82 valence electrons. The zero-order valence-corrected chi connectivity index (χ0v) is 8.72. The van der Waals surface area contributed by atoms with Gasteiger partial charge < -0.3 is 0 Å². The molecular weight excluding hydrogens is 198 g/mol. The monoisotopic (exact) mass is 212 g/mol. The molecule has 0 aliphatic heterocycles. The summed E-state index contributed by atoms with van der Waals surface area (Å²) in [6.45, 7) is 1.78. The molecule has 0 N–H and O–H groups in total. The Labute approximate surface area is 88.1 Å². The van der Waals surface area contributed by atoms with Gasteiger partial charge in [0.15, 0.2) is 0 Å². The molecule has 0 saturated heterocycles. The summed E-state index contributed by atoms with van der Waals surface area (Å²) >= 11 is 0. The molecule has 0 aliphatic rings. The predicted octanol–water partition coefficient (Wildman–Crippen LogP) is 3.27. The first-order valence-electron chi connectivity index (χ1n) is 5.09. The van der Waals surface area contributed by atoms with E-state index in [0.717, 1.165) is 0 Å². The highest BCUT2D eigenvalue weighted by molar-refractivity contribution is 5.77. The van der Waals surface area contributed by atoms with Crippen LogP contribution in [0.25, 0.3) is 0 Å². The van der Waals surface area contributed by atoms with Crippen LogP contribution in [-0.2, 0) is 11.2 Å². The standard InChI is InChI=1S/C12H14F2O/c1-2-9(15)5-3-6-10-11(13)7-4-8-12(10)14/h4,7-8H,2-3,5-6H2,1H3. The van der Waals surface area contributed by atoms with Crippen molar-refractivity contribution in [1.82, 2.24) is 0 Å². The highest BCUT2D eigenvalue weighted by atomic mass is 19.1. The second-order valence-electron chi connectivity index (χ2n) is 3.45. The number of carbonyl (C=O) groups is 1. The van der Waals surface area contributed by atoms with Crippen LogP contribution in [0.1, 0.15) is 31.7 Å². The van der Waals surface area contributed by atoms with Crippen molar-refractivity contribution in [3.8, 4) is 0 Å². The lowest BCUT2D eigenvalue weighted by Crippen LogP contribution is -1.99. The lowest BCUT2D eigenvalue weighted by molar-refractivity contribution is -0.118. The molecule has 0 spiro atoms. The molecule has 0 aromatic heterocycles. The number of benzene rings is 1. The van der Waals surface area contributed by atoms with Gasteiger partial charge in [-0.15, -0.1) is 0 Å². The van der Waals surface area contributed by atoms with Crippen molar-refractivity contribution in [2.45, 2.75) is 32.6 Å². The normalized spacial score (nSPS) is 10.3. The van der Waals surface area contributed by atoms with Crippen LogP contribution in [0.15, 0.2) is 18.2 Å². The Balaban J connectivity index is 2.54. The molecule has 0 unspecified atom stereocenters. The maximum absolute atomic E-state index is 13.1. The molecule has 0 aliphatic carbocycles. The van der Waals surface area contributed by atoms with E-state index < -0.39 is 11.6 Å². The van der Waals surface area contributed by atoms with Gasteiger partial charge in [0.05, 0.1) is 0 Å². The van der Waals surface area contributed by atoms with Crippen molar-refractivity contribution < 1.29 is 13.6 Å². The summed E-state index contributed by atoms with van der Waals surface area (Å²) in [5.41, 5.74) is 0.0846. The highest BCUT2D eigenvalue weighted by Gasteiger charge is 2.08. The quantitative estimate of drug-likeness (QED) is 0.732.